The molecule has 0 aromatic heterocycles. The molecular formula is C25H18N2. The lowest BCUT2D eigenvalue weighted by Gasteiger charge is -2.30. The Bertz CT molecular complexity index is 1240. The van der Waals surface area contributed by atoms with E-state index in [0.717, 1.165) is 11.4 Å². The molecule has 4 N–H and O–H groups in total. The van der Waals surface area contributed by atoms with Gasteiger partial charge in [0, 0.05) is 11.4 Å². The summed E-state index contributed by atoms with van der Waals surface area (Å²) in [5, 5.41) is 0. The number of nitrogen functional groups attached to an aromatic ring is 2. The second-order valence-corrected chi connectivity index (χ2v) is 7.45. The number of rotatable bonds is 1. The van der Waals surface area contributed by atoms with Gasteiger partial charge < -0.3 is 11.5 Å². The molecule has 4 aromatic rings. The van der Waals surface area contributed by atoms with Gasteiger partial charge >= 0.3 is 0 Å². The Kier molecular flexibility index (Phi) is 2.60. The fourth-order valence-corrected chi connectivity index (χ4v) is 5.16. The van der Waals surface area contributed by atoms with Crippen LogP contribution in [0.3, 0.4) is 0 Å². The number of fused-ring (bicyclic) bond motifs is 6. The van der Waals surface area contributed by atoms with Gasteiger partial charge in [0.1, 0.15) is 0 Å². The summed E-state index contributed by atoms with van der Waals surface area (Å²) < 4.78 is 0. The molecule has 0 bridgehead atoms. The SMILES string of the molecule is Nc1ccc(C23c4ccccc4-c4cccc(c42)-c2cc(N)ccc23)cc1. The quantitative estimate of drug-likeness (QED) is 0.402. The average molecular weight is 346 g/mol. The van der Waals surface area contributed by atoms with Crippen molar-refractivity contribution in [1.82, 2.24) is 0 Å². The lowest BCUT2D eigenvalue weighted by molar-refractivity contribution is 0.792. The first kappa shape index (κ1) is 14.6. The zero-order valence-corrected chi connectivity index (χ0v) is 14.7. The molecule has 2 nitrogen and oxygen atoms in total. The van der Waals surface area contributed by atoms with E-state index >= 15 is 0 Å². The van der Waals surface area contributed by atoms with E-state index in [1.165, 1.54) is 44.5 Å². The Labute approximate surface area is 158 Å². The minimum atomic E-state index is -0.306. The number of nitrogens with two attached hydrogens (primary N) is 2. The van der Waals surface area contributed by atoms with Crippen LogP contribution in [0.25, 0.3) is 22.3 Å². The Hall–Kier alpha value is -3.52. The van der Waals surface area contributed by atoms with E-state index < -0.39 is 0 Å². The van der Waals surface area contributed by atoms with Gasteiger partial charge in [-0.2, -0.15) is 0 Å². The lowest BCUT2D eigenvalue weighted by Crippen LogP contribution is -2.26. The summed E-state index contributed by atoms with van der Waals surface area (Å²) in [5.74, 6) is 0. The highest BCUT2D eigenvalue weighted by molar-refractivity contribution is 5.99. The predicted molar refractivity (Wildman–Crippen MR) is 112 cm³/mol. The summed E-state index contributed by atoms with van der Waals surface area (Å²) in [6.45, 7) is 0. The molecule has 0 saturated heterocycles. The first-order valence-electron chi connectivity index (χ1n) is 9.21. The monoisotopic (exact) mass is 346 g/mol. The summed E-state index contributed by atoms with van der Waals surface area (Å²) in [6, 6.07) is 30.1. The smallest absolute Gasteiger partial charge is 0.0725 e. The third-order valence-electron chi connectivity index (χ3n) is 6.14. The van der Waals surface area contributed by atoms with Gasteiger partial charge in [0.15, 0.2) is 0 Å². The number of benzene rings is 4. The molecule has 0 radical (unpaired) electrons. The maximum atomic E-state index is 6.17. The third-order valence-corrected chi connectivity index (χ3v) is 6.14. The Morgan fingerprint density at radius 2 is 1.15 bits per heavy atom. The highest BCUT2D eigenvalue weighted by Crippen LogP contribution is 2.64. The fraction of sp³-hybridized carbons (Fsp3) is 0.0400. The zero-order valence-electron chi connectivity index (χ0n) is 14.7. The van der Waals surface area contributed by atoms with Crippen molar-refractivity contribution in [2.45, 2.75) is 5.41 Å². The molecule has 1 atom stereocenters. The van der Waals surface area contributed by atoms with Crippen molar-refractivity contribution < 1.29 is 0 Å². The molecule has 0 aliphatic heterocycles. The molecule has 2 aliphatic rings. The van der Waals surface area contributed by atoms with Gasteiger partial charge in [-0.15, -0.1) is 0 Å². The number of anilines is 2. The van der Waals surface area contributed by atoms with Crippen molar-refractivity contribution in [2.75, 3.05) is 11.5 Å². The third kappa shape index (κ3) is 1.61. The van der Waals surface area contributed by atoms with Crippen LogP contribution in [-0.2, 0) is 5.41 Å². The largest absolute Gasteiger partial charge is 0.399 e. The summed E-state index contributed by atoms with van der Waals surface area (Å²) in [6.07, 6.45) is 0. The molecule has 1 unspecified atom stereocenters. The maximum absolute atomic E-state index is 6.17. The molecule has 0 heterocycles. The van der Waals surface area contributed by atoms with Crippen molar-refractivity contribution in [3.05, 3.63) is 107 Å². The van der Waals surface area contributed by atoms with E-state index in [0.29, 0.717) is 0 Å². The van der Waals surface area contributed by atoms with Gasteiger partial charge in [-0.3, -0.25) is 0 Å². The van der Waals surface area contributed by atoms with E-state index in [9.17, 15) is 0 Å². The van der Waals surface area contributed by atoms with Crippen molar-refractivity contribution >= 4 is 11.4 Å². The van der Waals surface area contributed by atoms with E-state index in [1.807, 2.05) is 18.2 Å². The van der Waals surface area contributed by atoms with Crippen molar-refractivity contribution in [3.8, 4) is 22.3 Å². The van der Waals surface area contributed by atoms with Gasteiger partial charge in [-0.25, -0.2) is 0 Å². The molecule has 6 rings (SSSR count). The molecule has 4 aromatic carbocycles. The minimum Gasteiger partial charge on any atom is -0.399 e. The molecular weight excluding hydrogens is 328 g/mol. The molecule has 0 saturated carbocycles. The standard InChI is InChI=1S/C25H18N2/c26-16-10-8-15(9-11-16)25-22-7-2-1-4-18(22)19-5-3-6-20(24(19)25)21-14-17(27)12-13-23(21)25/h1-14H,26-27H2. The minimum absolute atomic E-state index is 0.306. The summed E-state index contributed by atoms with van der Waals surface area (Å²) in [4.78, 5) is 0. The van der Waals surface area contributed by atoms with E-state index in [-0.39, 0.29) is 5.41 Å². The van der Waals surface area contributed by atoms with Crippen molar-refractivity contribution in [2.24, 2.45) is 0 Å². The first-order valence-corrected chi connectivity index (χ1v) is 9.21. The number of hydrogen-bond donors (Lipinski definition) is 2. The predicted octanol–water partition coefficient (Wildman–Crippen LogP) is 5.19. The Morgan fingerprint density at radius 1 is 0.519 bits per heavy atom. The van der Waals surface area contributed by atoms with E-state index in [4.69, 9.17) is 11.5 Å². The van der Waals surface area contributed by atoms with Crippen LogP contribution in [0.2, 0.25) is 0 Å². The van der Waals surface area contributed by atoms with Gasteiger partial charge in [0.05, 0.1) is 5.41 Å². The van der Waals surface area contributed by atoms with Crippen LogP contribution in [-0.4, -0.2) is 0 Å². The van der Waals surface area contributed by atoms with Gasteiger partial charge in [0.2, 0.25) is 0 Å². The second-order valence-electron chi connectivity index (χ2n) is 7.45. The first-order chi connectivity index (χ1) is 13.2. The highest BCUT2D eigenvalue weighted by Gasteiger charge is 2.52. The molecule has 2 heteroatoms. The lowest BCUT2D eigenvalue weighted by atomic mass is 9.70. The van der Waals surface area contributed by atoms with E-state index in [1.54, 1.807) is 0 Å². The maximum Gasteiger partial charge on any atom is 0.0725 e. The van der Waals surface area contributed by atoms with Crippen LogP contribution < -0.4 is 11.5 Å². The highest BCUT2D eigenvalue weighted by atomic mass is 14.6. The number of hydrogen-bond acceptors (Lipinski definition) is 2. The van der Waals surface area contributed by atoms with Crippen LogP contribution >= 0.6 is 0 Å². The summed E-state index contributed by atoms with van der Waals surface area (Å²) in [7, 11) is 0. The Balaban J connectivity index is 1.85. The van der Waals surface area contributed by atoms with Crippen LogP contribution in [0.4, 0.5) is 11.4 Å². The summed E-state index contributed by atoms with van der Waals surface area (Å²) in [5.41, 5.74) is 23.9. The second kappa shape index (κ2) is 4.80. The zero-order chi connectivity index (χ0) is 18.2. The normalized spacial score (nSPS) is 18.1. The molecule has 0 fully saturated rings. The van der Waals surface area contributed by atoms with Crippen molar-refractivity contribution in [3.63, 3.8) is 0 Å². The summed E-state index contributed by atoms with van der Waals surface area (Å²) >= 11 is 0. The topological polar surface area (TPSA) is 52.0 Å². The van der Waals surface area contributed by atoms with Gasteiger partial charge in [-0.05, 0) is 68.8 Å². The molecule has 2 aliphatic carbocycles. The van der Waals surface area contributed by atoms with Gasteiger partial charge in [0.25, 0.3) is 0 Å². The van der Waals surface area contributed by atoms with Crippen molar-refractivity contribution in [1.29, 1.82) is 0 Å². The van der Waals surface area contributed by atoms with Crippen LogP contribution in [0, 0.1) is 0 Å². The Morgan fingerprint density at radius 3 is 1.96 bits per heavy atom. The van der Waals surface area contributed by atoms with Crippen LogP contribution in [0.1, 0.15) is 22.3 Å². The molecule has 27 heavy (non-hydrogen) atoms. The van der Waals surface area contributed by atoms with Crippen LogP contribution in [0.15, 0.2) is 84.9 Å². The molecule has 0 amide bonds. The molecule has 128 valence electrons. The fourth-order valence-electron chi connectivity index (χ4n) is 5.16. The van der Waals surface area contributed by atoms with Crippen LogP contribution in [0.5, 0.6) is 0 Å². The molecule has 0 spiro atoms. The van der Waals surface area contributed by atoms with Gasteiger partial charge in [-0.1, -0.05) is 60.7 Å². The average Bonchev–Trinajstić information content (AvgIpc) is 3.16. The van der Waals surface area contributed by atoms with E-state index in [2.05, 4.69) is 66.7 Å².